The molecule has 4 heterocycles. The molecule has 2 unspecified atom stereocenters. The smallest absolute Gasteiger partial charge is 0.354 e. The molecule has 11 heteroatoms. The molecular weight excluding hydrogens is 454 g/mol. The van der Waals surface area contributed by atoms with Crippen LogP contribution < -0.4 is 15.2 Å². The first-order valence-corrected chi connectivity index (χ1v) is 13.6. The van der Waals surface area contributed by atoms with Crippen molar-refractivity contribution in [2.24, 2.45) is 9.50 Å². The number of carbonyl (C=O) groups is 1. The standard InChI is InChI=1S/C23H31N7O3S/c1-23(2)8-7-16-19(15-5-3-6-17(15)26-20(16)23)27-22(31)28-34(24,32)18-11-25-30-12-14(13-33-21(18)30)29-9-4-10-29/h11,14H,3-10,12-13H2,1-2H3,(H3,24,26,27,28,31,32). The normalized spacial score (nSPS) is 24.3. The zero-order valence-corrected chi connectivity index (χ0v) is 20.5. The number of anilines is 1. The van der Waals surface area contributed by atoms with Crippen molar-refractivity contribution in [2.45, 2.75) is 75.3 Å². The van der Waals surface area contributed by atoms with E-state index in [4.69, 9.17) is 14.9 Å². The monoisotopic (exact) mass is 485 g/mol. The Morgan fingerprint density at radius 1 is 1.26 bits per heavy atom. The summed E-state index contributed by atoms with van der Waals surface area (Å²) in [6, 6.07) is -0.475. The van der Waals surface area contributed by atoms with Crippen molar-refractivity contribution in [3.63, 3.8) is 0 Å². The Balaban J connectivity index is 1.29. The molecule has 182 valence electrons. The van der Waals surface area contributed by atoms with Crippen molar-refractivity contribution in [1.82, 2.24) is 19.7 Å². The van der Waals surface area contributed by atoms with Crippen LogP contribution in [0.1, 0.15) is 55.6 Å². The Labute approximate surface area is 199 Å². The van der Waals surface area contributed by atoms with Gasteiger partial charge >= 0.3 is 6.03 Å². The van der Waals surface area contributed by atoms with Crippen LogP contribution in [0.2, 0.25) is 0 Å². The van der Waals surface area contributed by atoms with E-state index in [0.717, 1.165) is 73.4 Å². The predicted molar refractivity (Wildman–Crippen MR) is 127 cm³/mol. The van der Waals surface area contributed by atoms with Gasteiger partial charge in [-0.25, -0.2) is 18.8 Å². The van der Waals surface area contributed by atoms with E-state index < -0.39 is 15.9 Å². The molecule has 0 saturated carbocycles. The molecule has 10 nitrogen and oxygen atoms in total. The quantitative estimate of drug-likeness (QED) is 0.687. The van der Waals surface area contributed by atoms with E-state index in [1.165, 1.54) is 12.6 Å². The molecule has 2 atom stereocenters. The summed E-state index contributed by atoms with van der Waals surface area (Å²) in [5.74, 6) is 0.341. The average molecular weight is 486 g/mol. The van der Waals surface area contributed by atoms with Crippen LogP contribution in [0.15, 0.2) is 15.5 Å². The third-order valence-corrected chi connectivity index (χ3v) is 9.04. The molecule has 1 saturated heterocycles. The minimum atomic E-state index is -3.53. The summed E-state index contributed by atoms with van der Waals surface area (Å²) in [4.78, 5) is 20.5. The molecule has 0 aromatic carbocycles. The van der Waals surface area contributed by atoms with Gasteiger partial charge < -0.3 is 10.1 Å². The number of carbonyl (C=O) groups excluding carboxylic acids is 1. The first-order chi connectivity index (χ1) is 16.2. The lowest BCUT2D eigenvalue weighted by Gasteiger charge is -2.40. The van der Waals surface area contributed by atoms with Crippen molar-refractivity contribution in [1.29, 1.82) is 0 Å². The minimum Gasteiger partial charge on any atom is -0.475 e. The van der Waals surface area contributed by atoms with Gasteiger partial charge in [0.25, 0.3) is 0 Å². The highest BCUT2D eigenvalue weighted by Crippen LogP contribution is 2.44. The summed E-state index contributed by atoms with van der Waals surface area (Å²) in [6.45, 7) is 7.60. The van der Waals surface area contributed by atoms with Crippen LogP contribution in [0.25, 0.3) is 0 Å². The number of aromatic nitrogens is 3. The number of amides is 2. The van der Waals surface area contributed by atoms with Crippen molar-refractivity contribution in [2.75, 3.05) is 25.0 Å². The van der Waals surface area contributed by atoms with Gasteiger partial charge in [-0.3, -0.25) is 9.88 Å². The number of urea groups is 1. The Kier molecular flexibility index (Phi) is 5.02. The third-order valence-electron chi connectivity index (χ3n) is 7.69. The molecule has 0 radical (unpaired) electrons. The molecule has 34 heavy (non-hydrogen) atoms. The number of nitrogens with two attached hydrogens (primary N) is 1. The number of rotatable bonds is 3. The highest BCUT2D eigenvalue weighted by atomic mass is 32.2. The van der Waals surface area contributed by atoms with Crippen LogP contribution in [-0.4, -0.2) is 55.6 Å². The number of fused-ring (bicyclic) bond motifs is 3. The summed E-state index contributed by atoms with van der Waals surface area (Å²) in [6.07, 6.45) is 7.22. The highest BCUT2D eigenvalue weighted by Gasteiger charge is 2.37. The highest BCUT2D eigenvalue weighted by molar-refractivity contribution is 7.91. The van der Waals surface area contributed by atoms with Crippen LogP contribution in [0.3, 0.4) is 0 Å². The van der Waals surface area contributed by atoms with E-state index in [1.54, 1.807) is 4.68 Å². The van der Waals surface area contributed by atoms with E-state index in [-0.39, 0.29) is 16.4 Å². The first-order valence-electron chi connectivity index (χ1n) is 12.1. The van der Waals surface area contributed by atoms with Gasteiger partial charge in [0.15, 0.2) is 9.92 Å². The van der Waals surface area contributed by atoms with Gasteiger partial charge in [0.2, 0.25) is 5.88 Å². The topological polar surface area (TPSA) is 128 Å². The number of hydrogen-bond acceptors (Lipinski definition) is 6. The predicted octanol–water partition coefficient (Wildman–Crippen LogP) is 2.39. The molecule has 2 amide bonds. The molecular formula is C23H31N7O3S. The Morgan fingerprint density at radius 2 is 2.09 bits per heavy atom. The minimum absolute atomic E-state index is 0.0342. The molecule has 2 aromatic heterocycles. The van der Waals surface area contributed by atoms with Gasteiger partial charge in [-0.1, -0.05) is 13.8 Å². The van der Waals surface area contributed by atoms with Crippen molar-refractivity contribution in [3.05, 3.63) is 28.7 Å². The summed E-state index contributed by atoms with van der Waals surface area (Å²) in [7, 11) is -3.53. The van der Waals surface area contributed by atoms with Crippen molar-refractivity contribution >= 4 is 21.6 Å². The van der Waals surface area contributed by atoms with Gasteiger partial charge in [-0.15, -0.1) is 4.36 Å². The molecule has 2 aliphatic carbocycles. The second-order valence-electron chi connectivity index (χ2n) is 10.4. The van der Waals surface area contributed by atoms with E-state index in [0.29, 0.717) is 19.0 Å². The zero-order valence-electron chi connectivity index (χ0n) is 19.7. The fourth-order valence-electron chi connectivity index (χ4n) is 5.62. The van der Waals surface area contributed by atoms with E-state index in [2.05, 4.69) is 33.5 Å². The zero-order chi connectivity index (χ0) is 23.7. The molecule has 2 aliphatic heterocycles. The Hall–Kier alpha value is -2.50. The number of likely N-dealkylation sites (tertiary alicyclic amines) is 1. The van der Waals surface area contributed by atoms with Gasteiger partial charge in [0.05, 0.1) is 30.2 Å². The van der Waals surface area contributed by atoms with Crippen LogP contribution in [0, 0.1) is 0 Å². The fourth-order valence-corrected chi connectivity index (χ4v) is 6.63. The third kappa shape index (κ3) is 3.52. The molecule has 0 bridgehead atoms. The van der Waals surface area contributed by atoms with Gasteiger partial charge in [0, 0.05) is 11.1 Å². The van der Waals surface area contributed by atoms with E-state index in [1.807, 2.05) is 0 Å². The van der Waals surface area contributed by atoms with Crippen LogP contribution in [-0.2, 0) is 41.1 Å². The lowest BCUT2D eigenvalue weighted by molar-refractivity contribution is 0.0417. The SMILES string of the molecule is CC1(C)CCc2c1nc1c(c2NC(=O)N=S(N)(=O)c2cnn3c2OCC(N2CCC2)C3)CCC1. The van der Waals surface area contributed by atoms with E-state index >= 15 is 0 Å². The van der Waals surface area contributed by atoms with Crippen molar-refractivity contribution in [3.8, 4) is 5.88 Å². The summed E-state index contributed by atoms with van der Waals surface area (Å²) in [5.41, 5.74) is 5.00. The largest absolute Gasteiger partial charge is 0.475 e. The Morgan fingerprint density at radius 3 is 2.85 bits per heavy atom. The fraction of sp³-hybridized carbons (Fsp3) is 0.609. The number of aryl methyl sites for hydroxylation is 1. The number of pyridine rings is 1. The summed E-state index contributed by atoms with van der Waals surface area (Å²) < 4.78 is 24.9. The number of nitrogens with zero attached hydrogens (tertiary/aromatic N) is 5. The summed E-state index contributed by atoms with van der Waals surface area (Å²) in [5, 5.41) is 13.4. The van der Waals surface area contributed by atoms with E-state index in [9.17, 15) is 9.00 Å². The summed E-state index contributed by atoms with van der Waals surface area (Å²) >= 11 is 0. The van der Waals surface area contributed by atoms with Gasteiger partial charge in [-0.05, 0) is 62.7 Å². The maximum absolute atomic E-state index is 13.4. The first kappa shape index (κ1) is 22.0. The molecule has 6 rings (SSSR count). The molecule has 2 aromatic rings. The van der Waals surface area contributed by atoms with Crippen LogP contribution >= 0.6 is 0 Å². The molecule has 0 spiro atoms. The second kappa shape index (κ2) is 7.76. The average Bonchev–Trinajstić information content (AvgIpc) is 3.44. The molecule has 4 aliphatic rings. The molecule has 1 fully saturated rings. The maximum Gasteiger partial charge on any atom is 0.354 e. The van der Waals surface area contributed by atoms with Gasteiger partial charge in [-0.2, -0.15) is 5.10 Å². The van der Waals surface area contributed by atoms with Crippen LogP contribution in [0.5, 0.6) is 5.88 Å². The van der Waals surface area contributed by atoms with Crippen molar-refractivity contribution < 1.29 is 13.7 Å². The number of hydrogen-bond donors (Lipinski definition) is 2. The maximum atomic E-state index is 13.4. The second-order valence-corrected chi connectivity index (χ2v) is 12.2. The Bertz CT molecular complexity index is 1300. The lowest BCUT2D eigenvalue weighted by atomic mass is 9.90. The number of nitrogens with one attached hydrogen (secondary N) is 1. The lowest BCUT2D eigenvalue weighted by Crippen LogP contribution is -2.51. The molecule has 3 N–H and O–H groups in total. The van der Waals surface area contributed by atoms with Crippen LogP contribution in [0.4, 0.5) is 10.5 Å². The number of ether oxygens (including phenoxy) is 1. The van der Waals surface area contributed by atoms with Gasteiger partial charge in [0.1, 0.15) is 11.5 Å².